The molecular formula is C14H18BrN3S. The largest absolute Gasteiger partial charge is 0.350 e. The van der Waals surface area contributed by atoms with Gasteiger partial charge in [-0.05, 0) is 19.1 Å². The van der Waals surface area contributed by atoms with Gasteiger partial charge in [0.2, 0.25) is 0 Å². The molecule has 3 heterocycles. The van der Waals surface area contributed by atoms with Crippen molar-refractivity contribution in [2.45, 2.75) is 30.5 Å². The van der Waals surface area contributed by atoms with Crippen LogP contribution in [0.2, 0.25) is 0 Å². The van der Waals surface area contributed by atoms with E-state index in [1.807, 2.05) is 6.07 Å². The third kappa shape index (κ3) is 2.27. The van der Waals surface area contributed by atoms with Gasteiger partial charge in [-0.1, -0.05) is 28.9 Å². The van der Waals surface area contributed by atoms with Gasteiger partial charge in [0, 0.05) is 35.1 Å². The monoisotopic (exact) mass is 339 g/mol. The number of alkyl halides is 1. The lowest BCUT2D eigenvalue weighted by Gasteiger charge is -2.38. The molecule has 1 saturated heterocycles. The highest BCUT2D eigenvalue weighted by Crippen LogP contribution is 2.32. The minimum Gasteiger partial charge on any atom is -0.350 e. The first-order valence-corrected chi connectivity index (χ1v) is 8.79. The summed E-state index contributed by atoms with van der Waals surface area (Å²) >= 11 is 5.67. The minimum absolute atomic E-state index is 0.529. The van der Waals surface area contributed by atoms with Gasteiger partial charge in [0.1, 0.15) is 5.65 Å². The summed E-state index contributed by atoms with van der Waals surface area (Å²) in [5.74, 6) is 2.32. The van der Waals surface area contributed by atoms with E-state index in [4.69, 9.17) is 4.98 Å². The summed E-state index contributed by atoms with van der Waals surface area (Å²) in [6, 6.07) is 6.70. The molecule has 5 heteroatoms. The summed E-state index contributed by atoms with van der Waals surface area (Å²) < 4.78 is 2.18. The third-order valence-electron chi connectivity index (χ3n) is 3.89. The average Bonchev–Trinajstić information content (AvgIpc) is 2.80. The lowest BCUT2D eigenvalue weighted by atomic mass is 10.2. The number of thioether (sulfide) groups is 1. The highest BCUT2D eigenvalue weighted by Gasteiger charge is 2.29. The Balaban J connectivity index is 2.08. The van der Waals surface area contributed by atoms with E-state index in [1.54, 1.807) is 0 Å². The van der Waals surface area contributed by atoms with Gasteiger partial charge >= 0.3 is 0 Å². The van der Waals surface area contributed by atoms with E-state index >= 15 is 0 Å². The van der Waals surface area contributed by atoms with Crippen molar-refractivity contribution >= 4 is 39.2 Å². The quantitative estimate of drug-likeness (QED) is 0.780. The second-order valence-corrected chi connectivity index (χ2v) is 7.00. The number of rotatable bonds is 2. The predicted octanol–water partition coefficient (Wildman–Crippen LogP) is 3.56. The number of hydrogen-bond donors (Lipinski definition) is 0. The van der Waals surface area contributed by atoms with E-state index in [2.05, 4.69) is 69.2 Å². The summed E-state index contributed by atoms with van der Waals surface area (Å²) in [7, 11) is 0. The molecule has 2 aromatic heterocycles. The van der Waals surface area contributed by atoms with E-state index in [-0.39, 0.29) is 0 Å². The molecule has 0 amide bonds. The molecule has 1 aliphatic rings. The van der Waals surface area contributed by atoms with Gasteiger partial charge in [-0.25, -0.2) is 4.98 Å². The molecule has 0 radical (unpaired) electrons. The van der Waals surface area contributed by atoms with Crippen molar-refractivity contribution in [1.82, 2.24) is 9.38 Å². The predicted molar refractivity (Wildman–Crippen MR) is 86.6 cm³/mol. The summed E-state index contributed by atoms with van der Waals surface area (Å²) in [5.41, 5.74) is 2.28. The second-order valence-electron chi connectivity index (χ2n) is 4.95. The Morgan fingerprint density at radius 2 is 2.26 bits per heavy atom. The van der Waals surface area contributed by atoms with Gasteiger partial charge in [-0.3, -0.25) is 0 Å². The topological polar surface area (TPSA) is 20.5 Å². The van der Waals surface area contributed by atoms with Gasteiger partial charge in [-0.2, -0.15) is 11.8 Å². The number of hydrogen-bond acceptors (Lipinski definition) is 3. The molecular weight excluding hydrogens is 322 g/mol. The lowest BCUT2D eigenvalue weighted by molar-refractivity contribution is 0.620. The van der Waals surface area contributed by atoms with Crippen LogP contribution in [-0.2, 0) is 5.33 Å². The minimum atomic E-state index is 0.529. The third-order valence-corrected chi connectivity index (χ3v) is 5.76. The maximum atomic E-state index is 4.84. The summed E-state index contributed by atoms with van der Waals surface area (Å²) in [5, 5.41) is 1.49. The molecule has 0 bridgehead atoms. The normalized spacial score (nSPS) is 24.1. The van der Waals surface area contributed by atoms with Crippen molar-refractivity contribution in [3.63, 3.8) is 0 Å². The van der Waals surface area contributed by atoms with E-state index in [9.17, 15) is 0 Å². The van der Waals surface area contributed by atoms with Crippen LogP contribution in [0.3, 0.4) is 0 Å². The van der Waals surface area contributed by atoms with E-state index in [0.717, 1.165) is 23.3 Å². The fraction of sp³-hybridized carbons (Fsp3) is 0.500. The summed E-state index contributed by atoms with van der Waals surface area (Å²) in [6.45, 7) is 5.70. The number of halogens is 1. The summed E-state index contributed by atoms with van der Waals surface area (Å²) in [6.07, 6.45) is 2.09. The smallest absolute Gasteiger partial charge is 0.152 e. The maximum absolute atomic E-state index is 4.84. The Morgan fingerprint density at radius 3 is 3.05 bits per heavy atom. The zero-order valence-electron chi connectivity index (χ0n) is 11.2. The molecule has 2 aromatic rings. The first-order valence-electron chi connectivity index (χ1n) is 6.62. The number of pyridine rings is 1. The first kappa shape index (κ1) is 13.3. The first-order chi connectivity index (χ1) is 9.22. The highest BCUT2D eigenvalue weighted by atomic mass is 79.9. The van der Waals surface area contributed by atoms with E-state index in [0.29, 0.717) is 11.3 Å². The second kappa shape index (κ2) is 5.37. The number of anilines is 1. The van der Waals surface area contributed by atoms with Crippen molar-refractivity contribution in [2.75, 3.05) is 17.2 Å². The molecule has 3 nitrogen and oxygen atoms in total. The molecule has 0 saturated carbocycles. The standard InChI is InChI=1S/C14H18BrN3S/c1-10-11(2)19-8-7-17(10)14-12(9-15)18-6-4-3-5-13(18)16-14/h3-6,10-11H,7-9H2,1-2H3. The van der Waals surface area contributed by atoms with Crippen LogP contribution < -0.4 is 4.90 Å². The molecule has 2 unspecified atom stereocenters. The van der Waals surface area contributed by atoms with Gasteiger partial charge < -0.3 is 9.30 Å². The van der Waals surface area contributed by atoms with Crippen LogP contribution in [0.5, 0.6) is 0 Å². The molecule has 19 heavy (non-hydrogen) atoms. The molecule has 1 fully saturated rings. The van der Waals surface area contributed by atoms with Crippen LogP contribution >= 0.6 is 27.7 Å². The Kier molecular flexibility index (Phi) is 3.76. The summed E-state index contributed by atoms with van der Waals surface area (Å²) in [4.78, 5) is 7.30. The lowest BCUT2D eigenvalue weighted by Crippen LogP contribution is -2.45. The number of nitrogens with zero attached hydrogens (tertiary/aromatic N) is 3. The van der Waals surface area contributed by atoms with Crippen molar-refractivity contribution in [2.24, 2.45) is 0 Å². The molecule has 1 aliphatic heterocycles. The fourth-order valence-corrected chi connectivity index (χ4v) is 4.24. The zero-order valence-corrected chi connectivity index (χ0v) is 13.6. The molecule has 0 N–H and O–H groups in total. The Labute approximate surface area is 126 Å². The average molecular weight is 340 g/mol. The number of fused-ring (bicyclic) bond motifs is 1. The Hall–Kier alpha value is -0.680. The van der Waals surface area contributed by atoms with Crippen LogP contribution in [0.1, 0.15) is 19.5 Å². The number of aromatic nitrogens is 2. The van der Waals surface area contributed by atoms with Crippen LogP contribution in [0.25, 0.3) is 5.65 Å². The zero-order chi connectivity index (χ0) is 13.4. The van der Waals surface area contributed by atoms with Gasteiger partial charge in [0.15, 0.2) is 5.82 Å². The van der Waals surface area contributed by atoms with Crippen LogP contribution in [-0.4, -0.2) is 33.0 Å². The van der Waals surface area contributed by atoms with Gasteiger partial charge in [-0.15, -0.1) is 0 Å². The van der Waals surface area contributed by atoms with Gasteiger partial charge in [0.25, 0.3) is 0 Å². The van der Waals surface area contributed by atoms with Gasteiger partial charge in [0.05, 0.1) is 5.69 Å². The molecule has 0 aliphatic carbocycles. The van der Waals surface area contributed by atoms with E-state index < -0.39 is 0 Å². The number of imidazole rings is 1. The van der Waals surface area contributed by atoms with Crippen LogP contribution in [0.4, 0.5) is 5.82 Å². The van der Waals surface area contributed by atoms with Crippen molar-refractivity contribution in [1.29, 1.82) is 0 Å². The molecule has 0 aromatic carbocycles. The van der Waals surface area contributed by atoms with Crippen LogP contribution in [0.15, 0.2) is 24.4 Å². The van der Waals surface area contributed by atoms with Crippen molar-refractivity contribution < 1.29 is 0 Å². The molecule has 102 valence electrons. The van der Waals surface area contributed by atoms with Crippen molar-refractivity contribution in [3.05, 3.63) is 30.1 Å². The SMILES string of the molecule is CC1SCCN(c2nc3ccccn3c2CBr)C1C. The van der Waals surface area contributed by atoms with Crippen LogP contribution in [0, 0.1) is 0 Å². The Morgan fingerprint density at radius 1 is 1.42 bits per heavy atom. The maximum Gasteiger partial charge on any atom is 0.152 e. The fourth-order valence-electron chi connectivity index (χ4n) is 2.62. The molecule has 3 rings (SSSR count). The molecule has 2 atom stereocenters. The van der Waals surface area contributed by atoms with E-state index in [1.165, 1.54) is 11.4 Å². The van der Waals surface area contributed by atoms with Crippen molar-refractivity contribution in [3.8, 4) is 0 Å². The Bertz CT molecular complexity index is 583. The highest BCUT2D eigenvalue weighted by molar-refractivity contribution is 9.08. The molecule has 0 spiro atoms.